The largest absolute Gasteiger partial charge is 0.478 e. The third kappa shape index (κ3) is 8.11. The van der Waals surface area contributed by atoms with E-state index in [-0.39, 0.29) is 11.1 Å². The van der Waals surface area contributed by atoms with Crippen molar-refractivity contribution in [2.75, 3.05) is 28.2 Å². The van der Waals surface area contributed by atoms with Gasteiger partial charge in [-0.2, -0.15) is 0 Å². The molecule has 0 bridgehead atoms. The lowest BCUT2D eigenvalue weighted by atomic mass is 10.2. The molecule has 0 radical (unpaired) electrons. The van der Waals surface area contributed by atoms with Crippen LogP contribution in [0.25, 0.3) is 0 Å². The molecule has 0 fully saturated rings. The van der Waals surface area contributed by atoms with E-state index in [0.29, 0.717) is 9.79 Å². The molecule has 0 saturated carbocycles. The van der Waals surface area contributed by atoms with Gasteiger partial charge in [0.1, 0.15) is 0 Å². The summed E-state index contributed by atoms with van der Waals surface area (Å²) in [5.74, 6) is -2.00. The summed E-state index contributed by atoms with van der Waals surface area (Å²) in [6, 6.07) is 13.3. The number of nitrogens with zero attached hydrogens (tertiary/aromatic N) is 1. The van der Waals surface area contributed by atoms with E-state index in [1.165, 1.54) is 33.7 Å². The maximum atomic E-state index is 11.1. The lowest BCUT2D eigenvalue weighted by Crippen LogP contribution is -2.27. The maximum Gasteiger partial charge on any atom is 0.336 e. The van der Waals surface area contributed by atoms with Gasteiger partial charge < -0.3 is 14.7 Å². The normalized spacial score (nSPS) is 10.6. The zero-order valence-electron chi connectivity index (χ0n) is 14.6. The van der Waals surface area contributed by atoms with Gasteiger partial charge in [-0.25, -0.2) is 9.59 Å². The third-order valence-corrected chi connectivity index (χ3v) is 4.94. The van der Waals surface area contributed by atoms with Crippen molar-refractivity contribution in [1.82, 2.24) is 0 Å². The van der Waals surface area contributed by atoms with Crippen molar-refractivity contribution in [3.05, 3.63) is 59.7 Å². The molecule has 2 rings (SSSR count). The predicted octanol–water partition coefficient (Wildman–Crippen LogP) is 4.20. The number of quaternary nitrogens is 1. The van der Waals surface area contributed by atoms with Gasteiger partial charge in [0, 0.05) is 9.79 Å². The van der Waals surface area contributed by atoms with E-state index in [9.17, 15) is 9.59 Å². The summed E-state index contributed by atoms with van der Waals surface area (Å²) in [5.41, 5.74) is 0.413. The summed E-state index contributed by atoms with van der Waals surface area (Å²) in [6.07, 6.45) is 0. The first-order valence-corrected chi connectivity index (χ1v) is 9.52. The number of hydrogen-bond donors (Lipinski definition) is 2. The fourth-order valence-corrected chi connectivity index (χ4v) is 3.87. The van der Waals surface area contributed by atoms with Crippen molar-refractivity contribution in [2.45, 2.75) is 9.79 Å². The van der Waals surface area contributed by atoms with Crippen LogP contribution in [0.4, 0.5) is 0 Å². The van der Waals surface area contributed by atoms with Crippen LogP contribution in [0.5, 0.6) is 0 Å². The van der Waals surface area contributed by atoms with Gasteiger partial charge in [-0.05, 0) is 24.3 Å². The van der Waals surface area contributed by atoms with Crippen molar-refractivity contribution in [3.8, 4) is 0 Å². The van der Waals surface area contributed by atoms with Gasteiger partial charge >= 0.3 is 11.9 Å². The Morgan fingerprint density at radius 2 is 1.00 bits per heavy atom. The Labute approximate surface area is 155 Å². The molecule has 7 heteroatoms. The van der Waals surface area contributed by atoms with E-state index in [2.05, 4.69) is 28.2 Å². The summed E-state index contributed by atoms with van der Waals surface area (Å²) >= 11 is 0. The molecule has 5 nitrogen and oxygen atoms in total. The van der Waals surface area contributed by atoms with Gasteiger partial charge in [0.25, 0.3) is 0 Å². The van der Waals surface area contributed by atoms with Crippen LogP contribution in [0.3, 0.4) is 0 Å². The van der Waals surface area contributed by atoms with E-state index >= 15 is 0 Å². The highest BCUT2D eigenvalue weighted by molar-refractivity contribution is 8.76. The maximum absolute atomic E-state index is 11.1. The Kier molecular flexibility index (Phi) is 8.02. The number of carboxylic acid groups (broad SMARTS) is 2. The van der Waals surface area contributed by atoms with E-state index in [1.54, 1.807) is 36.4 Å². The van der Waals surface area contributed by atoms with E-state index in [0.717, 1.165) is 4.48 Å². The van der Waals surface area contributed by atoms with E-state index in [1.807, 2.05) is 0 Å². The highest BCUT2D eigenvalue weighted by Crippen LogP contribution is 2.40. The summed E-state index contributed by atoms with van der Waals surface area (Å²) in [7, 11) is 11.0. The highest BCUT2D eigenvalue weighted by atomic mass is 33.1. The number of carboxylic acids is 2. The molecule has 2 N–H and O–H groups in total. The van der Waals surface area contributed by atoms with Crippen LogP contribution in [0.1, 0.15) is 20.7 Å². The van der Waals surface area contributed by atoms with Crippen LogP contribution in [0.2, 0.25) is 0 Å². The molecular weight excluding hydrogens is 358 g/mol. The van der Waals surface area contributed by atoms with Crippen molar-refractivity contribution in [3.63, 3.8) is 0 Å². The first-order valence-electron chi connectivity index (χ1n) is 7.37. The van der Waals surface area contributed by atoms with Crippen LogP contribution >= 0.6 is 21.6 Å². The van der Waals surface area contributed by atoms with Crippen LogP contribution in [-0.4, -0.2) is 54.8 Å². The molecule has 0 aliphatic rings. The van der Waals surface area contributed by atoms with Crippen LogP contribution < -0.4 is 0 Å². The molecule has 0 heterocycles. The molecule has 0 aliphatic carbocycles. The smallest absolute Gasteiger partial charge is 0.336 e. The zero-order chi connectivity index (χ0) is 19.0. The zero-order valence-corrected chi connectivity index (χ0v) is 16.2. The highest BCUT2D eigenvalue weighted by Gasteiger charge is 2.13. The summed E-state index contributed by atoms with van der Waals surface area (Å²) in [5, 5.41) is 18.2. The molecule has 2 aromatic carbocycles. The van der Waals surface area contributed by atoms with Crippen LogP contribution in [-0.2, 0) is 0 Å². The molecular formula is C18H22NO4S2+. The van der Waals surface area contributed by atoms with Gasteiger partial charge in [0.05, 0.1) is 39.3 Å². The molecule has 2 aromatic rings. The average molecular weight is 381 g/mol. The topological polar surface area (TPSA) is 74.6 Å². The van der Waals surface area contributed by atoms with E-state index < -0.39 is 11.9 Å². The number of carbonyl (C=O) groups is 2. The predicted molar refractivity (Wildman–Crippen MR) is 102 cm³/mol. The second-order valence-electron chi connectivity index (χ2n) is 6.45. The number of aromatic carboxylic acids is 2. The van der Waals surface area contributed by atoms with Gasteiger partial charge in [-0.3, -0.25) is 0 Å². The summed E-state index contributed by atoms with van der Waals surface area (Å²) < 4.78 is 1.00. The van der Waals surface area contributed by atoms with Gasteiger partial charge in [0.2, 0.25) is 0 Å². The molecule has 25 heavy (non-hydrogen) atoms. The second kappa shape index (κ2) is 9.50. The molecule has 0 saturated heterocycles. The molecule has 0 atom stereocenters. The number of rotatable bonds is 5. The van der Waals surface area contributed by atoms with Crippen LogP contribution in [0.15, 0.2) is 58.3 Å². The molecule has 0 spiro atoms. The number of benzene rings is 2. The molecule has 0 amide bonds. The Morgan fingerprint density at radius 3 is 1.28 bits per heavy atom. The summed E-state index contributed by atoms with van der Waals surface area (Å²) in [4.78, 5) is 23.4. The Morgan fingerprint density at radius 1 is 0.720 bits per heavy atom. The van der Waals surface area contributed by atoms with Crippen molar-refractivity contribution < 1.29 is 24.3 Å². The van der Waals surface area contributed by atoms with Crippen molar-refractivity contribution >= 4 is 33.5 Å². The van der Waals surface area contributed by atoms with Crippen molar-refractivity contribution in [1.29, 1.82) is 0 Å². The van der Waals surface area contributed by atoms with Gasteiger partial charge in [-0.15, -0.1) is 0 Å². The third-order valence-electron chi connectivity index (χ3n) is 2.46. The van der Waals surface area contributed by atoms with Crippen LogP contribution in [0, 0.1) is 0 Å². The fraction of sp³-hybridized carbons (Fsp3) is 0.222. The minimum absolute atomic E-state index is 0.206. The van der Waals surface area contributed by atoms with Crippen molar-refractivity contribution in [2.24, 2.45) is 0 Å². The lowest BCUT2D eigenvalue weighted by molar-refractivity contribution is -0.849. The quantitative estimate of drug-likeness (QED) is 0.598. The standard InChI is InChI=1S/C14H10O4S2.C4H12N/c15-13(16)9-5-1-3-7-11(9)19-20-12-8-4-2-6-10(12)14(17)18;1-5(2,3)4/h1-8H,(H,15,16)(H,17,18);1-4H3/q;+1. The molecule has 134 valence electrons. The van der Waals surface area contributed by atoms with E-state index in [4.69, 9.17) is 10.2 Å². The monoisotopic (exact) mass is 380 g/mol. The van der Waals surface area contributed by atoms with Gasteiger partial charge in [0.15, 0.2) is 0 Å². The SMILES string of the molecule is C[N+](C)(C)C.O=C(O)c1ccccc1SSc1ccccc1C(=O)O. The Balaban J connectivity index is 0.000000550. The molecule has 0 unspecified atom stereocenters. The minimum Gasteiger partial charge on any atom is -0.478 e. The first-order chi connectivity index (χ1) is 11.6. The number of hydrogen-bond acceptors (Lipinski definition) is 4. The Bertz CT molecular complexity index is 678. The first kappa shape index (κ1) is 21.1. The average Bonchev–Trinajstić information content (AvgIpc) is 2.51. The second-order valence-corrected chi connectivity index (χ2v) is 8.67. The fourth-order valence-electron chi connectivity index (χ4n) is 1.52. The Hall–Kier alpha value is -1.96. The lowest BCUT2D eigenvalue weighted by Gasteiger charge is -2.14. The summed E-state index contributed by atoms with van der Waals surface area (Å²) in [6.45, 7) is 0. The molecule has 0 aromatic heterocycles. The van der Waals surface area contributed by atoms with Gasteiger partial charge in [-0.1, -0.05) is 45.9 Å². The molecule has 0 aliphatic heterocycles. The minimum atomic E-state index is -1.000.